The van der Waals surface area contributed by atoms with E-state index in [1.54, 1.807) is 30.6 Å². The highest BCUT2D eigenvalue weighted by Crippen LogP contribution is 2.16. The predicted molar refractivity (Wildman–Crippen MR) is 73.4 cm³/mol. The van der Waals surface area contributed by atoms with E-state index in [1.807, 2.05) is 19.1 Å². The zero-order valence-electron chi connectivity index (χ0n) is 11.4. The van der Waals surface area contributed by atoms with Crippen LogP contribution in [0.1, 0.15) is 28.4 Å². The van der Waals surface area contributed by atoms with Gasteiger partial charge in [0.2, 0.25) is 0 Å². The molecule has 0 bridgehead atoms. The molecule has 104 valence electrons. The van der Waals surface area contributed by atoms with Crippen LogP contribution in [0.5, 0.6) is 0 Å². The van der Waals surface area contributed by atoms with E-state index in [0.717, 1.165) is 5.56 Å². The fourth-order valence-electron chi connectivity index (χ4n) is 1.92. The maximum absolute atomic E-state index is 12.2. The highest BCUT2D eigenvalue weighted by molar-refractivity contribution is 5.98. The number of methoxy groups -OCH3 is 1. The van der Waals surface area contributed by atoms with Gasteiger partial charge in [-0.05, 0) is 13.0 Å². The summed E-state index contributed by atoms with van der Waals surface area (Å²) in [5, 5.41) is 4.01. The van der Waals surface area contributed by atoms with Crippen molar-refractivity contribution >= 4 is 11.8 Å². The third kappa shape index (κ3) is 3.12. The van der Waals surface area contributed by atoms with Crippen LogP contribution < -0.4 is 0 Å². The molecule has 5 heteroatoms. The van der Waals surface area contributed by atoms with E-state index in [2.05, 4.69) is 5.10 Å². The maximum atomic E-state index is 12.2. The highest BCUT2D eigenvalue weighted by atomic mass is 16.5. The number of rotatable bonds is 5. The van der Waals surface area contributed by atoms with Gasteiger partial charge < -0.3 is 4.74 Å². The molecule has 0 radical (unpaired) electrons. The van der Waals surface area contributed by atoms with E-state index in [9.17, 15) is 9.59 Å². The van der Waals surface area contributed by atoms with E-state index in [1.165, 1.54) is 11.8 Å². The molecule has 1 aromatic carbocycles. The minimum Gasteiger partial charge on any atom is -0.467 e. The van der Waals surface area contributed by atoms with Crippen LogP contribution in [0.3, 0.4) is 0 Å². The van der Waals surface area contributed by atoms with Crippen molar-refractivity contribution in [3.05, 3.63) is 53.9 Å². The fourth-order valence-corrected chi connectivity index (χ4v) is 1.92. The van der Waals surface area contributed by atoms with Crippen LogP contribution in [0, 0.1) is 6.92 Å². The number of hydrogen-bond donors (Lipinski definition) is 0. The average Bonchev–Trinajstić information content (AvgIpc) is 2.98. The van der Waals surface area contributed by atoms with Gasteiger partial charge in [0.05, 0.1) is 7.11 Å². The van der Waals surface area contributed by atoms with Gasteiger partial charge in [0.25, 0.3) is 0 Å². The largest absolute Gasteiger partial charge is 0.467 e. The third-order valence-corrected chi connectivity index (χ3v) is 3.07. The Balaban J connectivity index is 2.18. The Morgan fingerprint density at radius 1 is 1.30 bits per heavy atom. The molecule has 0 spiro atoms. The van der Waals surface area contributed by atoms with Gasteiger partial charge in [0.15, 0.2) is 11.8 Å². The third-order valence-electron chi connectivity index (χ3n) is 3.07. The second-order valence-electron chi connectivity index (χ2n) is 4.52. The van der Waals surface area contributed by atoms with Crippen LogP contribution in [-0.2, 0) is 9.53 Å². The highest BCUT2D eigenvalue weighted by Gasteiger charge is 2.25. The summed E-state index contributed by atoms with van der Waals surface area (Å²) in [6.07, 6.45) is 3.23. The molecule has 20 heavy (non-hydrogen) atoms. The van der Waals surface area contributed by atoms with E-state index >= 15 is 0 Å². The second kappa shape index (κ2) is 6.14. The van der Waals surface area contributed by atoms with Crippen LogP contribution >= 0.6 is 0 Å². The van der Waals surface area contributed by atoms with E-state index in [-0.39, 0.29) is 12.2 Å². The Bertz CT molecular complexity index is 588. The number of nitrogens with zero attached hydrogens (tertiary/aromatic N) is 2. The summed E-state index contributed by atoms with van der Waals surface area (Å²) < 4.78 is 6.18. The summed E-state index contributed by atoms with van der Waals surface area (Å²) in [5.74, 6) is -0.593. The Hall–Kier alpha value is -2.43. The van der Waals surface area contributed by atoms with Crippen molar-refractivity contribution in [1.29, 1.82) is 0 Å². The number of ether oxygens (including phenoxy) is 1. The topological polar surface area (TPSA) is 61.2 Å². The van der Waals surface area contributed by atoms with Crippen molar-refractivity contribution in [3.63, 3.8) is 0 Å². The summed E-state index contributed by atoms with van der Waals surface area (Å²) in [6, 6.07) is 8.22. The van der Waals surface area contributed by atoms with Crippen LogP contribution in [0.25, 0.3) is 0 Å². The van der Waals surface area contributed by atoms with Crippen molar-refractivity contribution in [2.45, 2.75) is 19.4 Å². The van der Waals surface area contributed by atoms with Gasteiger partial charge in [0, 0.05) is 24.4 Å². The van der Waals surface area contributed by atoms with Crippen molar-refractivity contribution in [1.82, 2.24) is 9.78 Å². The molecule has 0 unspecified atom stereocenters. The lowest BCUT2D eigenvalue weighted by Gasteiger charge is -2.14. The summed E-state index contributed by atoms with van der Waals surface area (Å²) in [7, 11) is 1.30. The van der Waals surface area contributed by atoms with Crippen LogP contribution in [0.15, 0.2) is 42.7 Å². The van der Waals surface area contributed by atoms with Crippen LogP contribution in [0.2, 0.25) is 0 Å². The molecule has 0 amide bonds. The predicted octanol–water partition coefficient (Wildman–Crippen LogP) is 2.18. The number of benzene rings is 1. The Labute approximate surface area is 117 Å². The summed E-state index contributed by atoms with van der Waals surface area (Å²) in [5.41, 5.74) is 1.66. The van der Waals surface area contributed by atoms with Crippen molar-refractivity contribution in [2.24, 2.45) is 0 Å². The molecule has 2 aromatic rings. The van der Waals surface area contributed by atoms with Crippen molar-refractivity contribution in [2.75, 3.05) is 7.11 Å². The van der Waals surface area contributed by atoms with Crippen LogP contribution in [0.4, 0.5) is 0 Å². The average molecular weight is 272 g/mol. The van der Waals surface area contributed by atoms with Crippen molar-refractivity contribution in [3.8, 4) is 0 Å². The summed E-state index contributed by atoms with van der Waals surface area (Å²) in [6.45, 7) is 1.95. The summed E-state index contributed by atoms with van der Waals surface area (Å²) >= 11 is 0. The zero-order chi connectivity index (χ0) is 14.5. The van der Waals surface area contributed by atoms with Crippen molar-refractivity contribution < 1.29 is 14.3 Å². The van der Waals surface area contributed by atoms with Gasteiger partial charge in [0.1, 0.15) is 0 Å². The number of carbonyl (C=O) groups is 2. The number of aryl methyl sites for hydroxylation is 1. The normalized spacial score (nSPS) is 11.9. The first-order valence-electron chi connectivity index (χ1n) is 6.28. The quantitative estimate of drug-likeness (QED) is 0.618. The molecular formula is C15H16N2O3. The monoisotopic (exact) mass is 272 g/mol. The van der Waals surface area contributed by atoms with Gasteiger partial charge in [-0.25, -0.2) is 4.79 Å². The molecule has 5 nitrogen and oxygen atoms in total. The van der Waals surface area contributed by atoms with Gasteiger partial charge in [-0.15, -0.1) is 0 Å². The van der Waals surface area contributed by atoms with Gasteiger partial charge in [-0.2, -0.15) is 5.10 Å². The lowest BCUT2D eigenvalue weighted by Crippen LogP contribution is -2.24. The molecule has 0 saturated heterocycles. The van der Waals surface area contributed by atoms with Gasteiger partial charge >= 0.3 is 5.97 Å². The Morgan fingerprint density at radius 2 is 2.00 bits per heavy atom. The summed E-state index contributed by atoms with van der Waals surface area (Å²) in [4.78, 5) is 24.0. The molecule has 0 N–H and O–H groups in total. The number of Topliss-reactive ketones (excluding diaryl/α,β-unsaturated/α-hetero) is 1. The first-order chi connectivity index (χ1) is 9.61. The number of hydrogen-bond acceptors (Lipinski definition) is 4. The molecule has 1 atom stereocenters. The van der Waals surface area contributed by atoms with Gasteiger partial charge in [-0.1, -0.05) is 29.8 Å². The maximum Gasteiger partial charge on any atom is 0.331 e. The molecule has 0 aliphatic carbocycles. The number of ketones is 1. The zero-order valence-corrected chi connectivity index (χ0v) is 11.4. The molecule has 0 aliphatic heterocycles. The van der Waals surface area contributed by atoms with E-state index < -0.39 is 12.0 Å². The van der Waals surface area contributed by atoms with Crippen LogP contribution in [-0.4, -0.2) is 28.6 Å². The Kier molecular flexibility index (Phi) is 4.30. The lowest BCUT2D eigenvalue weighted by molar-refractivity contribution is -0.144. The molecule has 0 saturated carbocycles. The molecule has 0 aliphatic rings. The first-order valence-corrected chi connectivity index (χ1v) is 6.28. The minimum absolute atomic E-state index is 0.0252. The molecular weight excluding hydrogens is 256 g/mol. The molecule has 2 rings (SSSR count). The number of carbonyl (C=O) groups excluding carboxylic acids is 2. The second-order valence-corrected chi connectivity index (χ2v) is 4.52. The Morgan fingerprint density at radius 3 is 2.55 bits per heavy atom. The van der Waals surface area contributed by atoms with Gasteiger partial charge in [-0.3, -0.25) is 9.48 Å². The number of aromatic nitrogens is 2. The van der Waals surface area contributed by atoms with E-state index in [0.29, 0.717) is 5.56 Å². The molecule has 0 fully saturated rings. The minimum atomic E-state index is -0.733. The van der Waals surface area contributed by atoms with E-state index in [4.69, 9.17) is 4.74 Å². The SMILES string of the molecule is COC(=O)[C@H](CC(=O)c1ccc(C)cc1)n1cccn1. The smallest absolute Gasteiger partial charge is 0.331 e. The molecule has 1 heterocycles. The lowest BCUT2D eigenvalue weighted by atomic mass is 10.0. The fraction of sp³-hybridized carbons (Fsp3) is 0.267. The standard InChI is InChI=1S/C15H16N2O3/c1-11-4-6-12(7-5-11)14(18)10-13(15(19)20-2)17-9-3-8-16-17/h3-9,13H,10H2,1-2H3/t13-/m0/s1. The number of esters is 1. The molecule has 1 aromatic heterocycles. The first kappa shape index (κ1) is 14.0.